The van der Waals surface area contributed by atoms with E-state index in [-0.39, 0.29) is 23.4 Å². The summed E-state index contributed by atoms with van der Waals surface area (Å²) in [6.45, 7) is 7.16. The van der Waals surface area contributed by atoms with Crippen LogP contribution in [0.2, 0.25) is 5.02 Å². The Hall–Kier alpha value is -3.36. The summed E-state index contributed by atoms with van der Waals surface area (Å²) in [4.78, 5) is 29.6. The predicted octanol–water partition coefficient (Wildman–Crippen LogP) is 6.72. The lowest BCUT2D eigenvalue weighted by atomic mass is 9.95. The Morgan fingerprint density at radius 2 is 1.51 bits per heavy atom. The number of nitrogens with zero attached hydrogens (tertiary/aromatic N) is 2. The zero-order chi connectivity index (χ0) is 31.1. The molecule has 1 fully saturated rings. The molecule has 1 N–H and O–H groups in total. The molecular weight excluding hydrogens is 582 g/mol. The minimum Gasteiger partial charge on any atom is -0.352 e. The van der Waals surface area contributed by atoms with E-state index < -0.39 is 28.5 Å². The van der Waals surface area contributed by atoms with Crippen molar-refractivity contribution < 1.29 is 18.0 Å². The van der Waals surface area contributed by atoms with Gasteiger partial charge in [0.15, 0.2) is 0 Å². The molecule has 7 nitrogen and oxygen atoms in total. The fraction of sp³-hybridized carbons (Fsp3) is 0.412. The van der Waals surface area contributed by atoms with Crippen LogP contribution in [-0.4, -0.2) is 43.8 Å². The van der Waals surface area contributed by atoms with Gasteiger partial charge >= 0.3 is 0 Å². The molecular formula is C34H42ClN3O4S. The van der Waals surface area contributed by atoms with Crippen molar-refractivity contribution in [3.05, 3.63) is 94.0 Å². The maximum atomic E-state index is 14.3. The minimum absolute atomic E-state index is 0.0671. The monoisotopic (exact) mass is 623 g/mol. The van der Waals surface area contributed by atoms with Crippen molar-refractivity contribution in [1.29, 1.82) is 0 Å². The van der Waals surface area contributed by atoms with Crippen LogP contribution in [0.1, 0.15) is 67.7 Å². The minimum atomic E-state index is -4.17. The van der Waals surface area contributed by atoms with E-state index in [4.69, 9.17) is 11.6 Å². The smallest absolute Gasteiger partial charge is 0.264 e. The van der Waals surface area contributed by atoms with Crippen molar-refractivity contribution >= 4 is 39.1 Å². The lowest BCUT2D eigenvalue weighted by Crippen LogP contribution is -2.54. The van der Waals surface area contributed by atoms with Crippen LogP contribution in [0.4, 0.5) is 5.69 Å². The Bertz CT molecular complexity index is 1520. The molecule has 0 spiro atoms. The molecule has 0 aromatic heterocycles. The number of halogens is 1. The van der Waals surface area contributed by atoms with E-state index in [0.29, 0.717) is 22.7 Å². The van der Waals surface area contributed by atoms with Gasteiger partial charge in [0.2, 0.25) is 11.8 Å². The van der Waals surface area contributed by atoms with E-state index in [1.54, 1.807) is 49.4 Å². The third-order valence-corrected chi connectivity index (χ3v) is 10.4. The Balaban J connectivity index is 1.73. The third kappa shape index (κ3) is 7.98. The quantitative estimate of drug-likeness (QED) is 0.257. The summed E-state index contributed by atoms with van der Waals surface area (Å²) >= 11 is 6.43. The summed E-state index contributed by atoms with van der Waals surface area (Å²) in [7, 11) is -4.17. The SMILES string of the molecule is CCC(C(=O)NC1CCCCC1)N(Cc1ccc(C)cc1)C(=O)CN(c1cccc(Cl)c1C)S(=O)(=O)c1ccc(C)cc1. The number of benzene rings is 3. The first kappa shape index (κ1) is 32.6. The Kier molecular flexibility index (Phi) is 10.9. The zero-order valence-corrected chi connectivity index (χ0v) is 27.0. The normalized spacial score (nSPS) is 14.6. The van der Waals surface area contributed by atoms with Gasteiger partial charge in [0.25, 0.3) is 10.0 Å². The molecule has 4 rings (SSSR count). The largest absolute Gasteiger partial charge is 0.352 e. The van der Waals surface area contributed by atoms with Crippen LogP contribution >= 0.6 is 11.6 Å². The Labute approximate surface area is 261 Å². The van der Waals surface area contributed by atoms with Crippen molar-refractivity contribution in [2.45, 2.75) is 89.7 Å². The average molecular weight is 624 g/mol. The Morgan fingerprint density at radius 1 is 0.907 bits per heavy atom. The van der Waals surface area contributed by atoms with Crippen LogP contribution < -0.4 is 9.62 Å². The second kappa shape index (κ2) is 14.4. The highest BCUT2D eigenvalue weighted by Gasteiger charge is 2.35. The summed E-state index contributed by atoms with van der Waals surface area (Å²) in [6.07, 6.45) is 5.53. The molecule has 1 aliphatic rings. The van der Waals surface area contributed by atoms with Gasteiger partial charge in [-0.15, -0.1) is 0 Å². The van der Waals surface area contributed by atoms with Crippen LogP contribution in [0.5, 0.6) is 0 Å². The molecule has 0 saturated heterocycles. The fourth-order valence-electron chi connectivity index (χ4n) is 5.57. The number of carbonyl (C=O) groups is 2. The van der Waals surface area contributed by atoms with Gasteiger partial charge < -0.3 is 10.2 Å². The molecule has 1 atom stereocenters. The standard InChI is InChI=1S/C34H42ClN3O4S/c1-5-31(34(40)36-28-10-7-6-8-11-28)37(22-27-18-14-24(2)15-19-27)33(39)23-38(32-13-9-12-30(35)26(32)4)43(41,42)29-20-16-25(3)17-21-29/h9,12-21,28,31H,5-8,10-11,22-23H2,1-4H3,(H,36,40). The van der Waals surface area contributed by atoms with Crippen LogP contribution in [0.25, 0.3) is 0 Å². The first-order valence-electron chi connectivity index (χ1n) is 15.0. The van der Waals surface area contributed by atoms with Crippen molar-refractivity contribution in [3.8, 4) is 0 Å². The van der Waals surface area contributed by atoms with Crippen LogP contribution in [0, 0.1) is 20.8 Å². The number of rotatable bonds is 11. The van der Waals surface area contributed by atoms with E-state index in [1.165, 1.54) is 4.90 Å². The summed E-state index contributed by atoms with van der Waals surface area (Å²) in [5, 5.41) is 3.57. The number of hydrogen-bond acceptors (Lipinski definition) is 4. The van der Waals surface area contributed by atoms with Crippen LogP contribution in [0.3, 0.4) is 0 Å². The molecule has 9 heteroatoms. The molecule has 1 saturated carbocycles. The van der Waals surface area contributed by atoms with Gasteiger partial charge in [0.05, 0.1) is 10.6 Å². The second-order valence-corrected chi connectivity index (χ2v) is 13.8. The van der Waals surface area contributed by atoms with Crippen LogP contribution in [-0.2, 0) is 26.2 Å². The first-order valence-corrected chi connectivity index (χ1v) is 16.8. The van der Waals surface area contributed by atoms with Crippen molar-refractivity contribution in [2.75, 3.05) is 10.8 Å². The van der Waals surface area contributed by atoms with Gasteiger partial charge in [-0.1, -0.05) is 91.4 Å². The number of hydrogen-bond donors (Lipinski definition) is 1. The van der Waals surface area contributed by atoms with E-state index >= 15 is 0 Å². The van der Waals surface area contributed by atoms with Gasteiger partial charge in [-0.3, -0.25) is 13.9 Å². The van der Waals surface area contributed by atoms with Crippen molar-refractivity contribution in [2.24, 2.45) is 0 Å². The maximum absolute atomic E-state index is 14.3. The highest BCUT2D eigenvalue weighted by atomic mass is 35.5. The lowest BCUT2D eigenvalue weighted by molar-refractivity contribution is -0.140. The highest BCUT2D eigenvalue weighted by molar-refractivity contribution is 7.92. The second-order valence-electron chi connectivity index (χ2n) is 11.5. The Morgan fingerprint density at radius 3 is 2.12 bits per heavy atom. The van der Waals surface area contributed by atoms with E-state index in [2.05, 4.69) is 5.32 Å². The molecule has 2 amide bonds. The predicted molar refractivity (Wildman–Crippen MR) is 173 cm³/mol. The van der Waals surface area contributed by atoms with E-state index in [9.17, 15) is 18.0 Å². The van der Waals surface area contributed by atoms with E-state index in [0.717, 1.165) is 53.1 Å². The molecule has 0 bridgehead atoms. The molecule has 3 aromatic carbocycles. The van der Waals surface area contributed by atoms with Crippen molar-refractivity contribution in [1.82, 2.24) is 10.2 Å². The summed E-state index contributed by atoms with van der Waals surface area (Å²) in [5.74, 6) is -0.678. The molecule has 3 aromatic rings. The average Bonchev–Trinajstić information content (AvgIpc) is 2.99. The topological polar surface area (TPSA) is 86.8 Å². The van der Waals surface area contributed by atoms with Gasteiger partial charge in [0.1, 0.15) is 12.6 Å². The van der Waals surface area contributed by atoms with Gasteiger partial charge in [-0.2, -0.15) is 0 Å². The number of amides is 2. The lowest BCUT2D eigenvalue weighted by Gasteiger charge is -2.35. The molecule has 1 unspecified atom stereocenters. The molecule has 230 valence electrons. The summed E-state index contributed by atoms with van der Waals surface area (Å²) < 4.78 is 29.4. The summed E-state index contributed by atoms with van der Waals surface area (Å²) in [6, 6.07) is 18.7. The fourth-order valence-corrected chi connectivity index (χ4v) is 7.21. The van der Waals surface area contributed by atoms with Gasteiger partial charge in [-0.25, -0.2) is 8.42 Å². The number of anilines is 1. The number of aryl methyl sites for hydroxylation is 2. The number of nitrogens with one attached hydrogen (secondary N) is 1. The van der Waals surface area contributed by atoms with Gasteiger partial charge in [0, 0.05) is 17.6 Å². The molecule has 43 heavy (non-hydrogen) atoms. The molecule has 0 radical (unpaired) electrons. The third-order valence-electron chi connectivity index (χ3n) is 8.21. The molecule has 0 heterocycles. The zero-order valence-electron chi connectivity index (χ0n) is 25.5. The number of sulfonamides is 1. The molecule has 0 aliphatic heterocycles. The van der Waals surface area contributed by atoms with Gasteiger partial charge in [-0.05, 0) is 75.4 Å². The number of carbonyl (C=O) groups excluding carboxylic acids is 2. The van der Waals surface area contributed by atoms with Crippen molar-refractivity contribution in [3.63, 3.8) is 0 Å². The molecule has 1 aliphatic carbocycles. The van der Waals surface area contributed by atoms with Crippen LogP contribution in [0.15, 0.2) is 71.6 Å². The first-order chi connectivity index (χ1) is 20.5. The maximum Gasteiger partial charge on any atom is 0.264 e. The summed E-state index contributed by atoms with van der Waals surface area (Å²) in [5.41, 5.74) is 3.71. The van der Waals surface area contributed by atoms with E-state index in [1.807, 2.05) is 45.0 Å². The highest BCUT2D eigenvalue weighted by Crippen LogP contribution is 2.31.